The number of hydrogen-bond donors (Lipinski definition) is 1. The van der Waals surface area contributed by atoms with Crippen LogP contribution in [0.3, 0.4) is 0 Å². The van der Waals surface area contributed by atoms with Crippen molar-refractivity contribution in [2.75, 3.05) is 4.72 Å². The molecule has 0 saturated heterocycles. The van der Waals surface area contributed by atoms with Crippen LogP contribution in [0.4, 0.5) is 10.1 Å². The van der Waals surface area contributed by atoms with E-state index < -0.39 is 15.8 Å². The highest BCUT2D eigenvalue weighted by Gasteiger charge is 2.15. The summed E-state index contributed by atoms with van der Waals surface area (Å²) in [6.07, 6.45) is 0. The average Bonchev–Trinajstić information content (AvgIpc) is 2.43. The van der Waals surface area contributed by atoms with E-state index in [1.165, 1.54) is 30.3 Å². The number of rotatable bonds is 4. The molecule has 0 spiro atoms. The third-order valence-electron chi connectivity index (χ3n) is 2.83. The van der Waals surface area contributed by atoms with E-state index in [1.54, 1.807) is 19.1 Å². The Labute approximate surface area is 126 Å². The van der Waals surface area contributed by atoms with Gasteiger partial charge in [-0.3, -0.25) is 4.72 Å². The van der Waals surface area contributed by atoms with Gasteiger partial charge in [0.25, 0.3) is 10.0 Å². The topological polar surface area (TPSA) is 46.2 Å². The van der Waals surface area contributed by atoms with Crippen LogP contribution < -0.4 is 4.72 Å². The molecule has 0 heterocycles. The van der Waals surface area contributed by atoms with Gasteiger partial charge in [0.1, 0.15) is 5.82 Å². The first kappa shape index (κ1) is 15.0. The predicted molar refractivity (Wildman–Crippen MR) is 81.0 cm³/mol. The van der Waals surface area contributed by atoms with Gasteiger partial charge in [-0.2, -0.15) is 0 Å². The molecule has 106 valence electrons. The van der Waals surface area contributed by atoms with Crippen LogP contribution in [0.25, 0.3) is 0 Å². The minimum Gasteiger partial charge on any atom is -0.279 e. The van der Waals surface area contributed by atoms with Gasteiger partial charge in [-0.05, 0) is 42.3 Å². The van der Waals surface area contributed by atoms with Gasteiger partial charge < -0.3 is 0 Å². The number of halogens is 2. The maximum absolute atomic E-state index is 13.2. The van der Waals surface area contributed by atoms with Crippen LogP contribution in [-0.4, -0.2) is 8.42 Å². The Bertz CT molecular complexity index is 714. The molecule has 0 radical (unpaired) electrons. The fourth-order valence-electron chi connectivity index (χ4n) is 1.67. The Morgan fingerprint density at radius 3 is 2.40 bits per heavy atom. The average molecular weight is 358 g/mol. The first-order valence-electron chi connectivity index (χ1n) is 5.86. The van der Waals surface area contributed by atoms with Crippen LogP contribution in [0.5, 0.6) is 0 Å². The van der Waals surface area contributed by atoms with Crippen LogP contribution in [0.1, 0.15) is 11.1 Å². The van der Waals surface area contributed by atoms with Gasteiger partial charge in [0.05, 0.1) is 10.6 Å². The van der Waals surface area contributed by atoms with E-state index in [4.69, 9.17) is 0 Å². The lowest BCUT2D eigenvalue weighted by Gasteiger charge is -2.11. The summed E-state index contributed by atoms with van der Waals surface area (Å²) in [5.41, 5.74) is 1.88. The molecule has 0 saturated carbocycles. The minimum absolute atomic E-state index is 0.144. The first-order chi connectivity index (χ1) is 9.42. The second-order valence-corrected chi connectivity index (χ2v) is 6.59. The quantitative estimate of drug-likeness (QED) is 0.845. The summed E-state index contributed by atoms with van der Waals surface area (Å²) in [6.45, 7) is 1.71. The van der Waals surface area contributed by atoms with Crippen molar-refractivity contribution in [2.45, 2.75) is 17.1 Å². The molecule has 6 heteroatoms. The molecule has 2 rings (SSSR count). The van der Waals surface area contributed by atoms with E-state index in [1.807, 2.05) is 0 Å². The Hall–Kier alpha value is -1.40. The standard InChI is InChI=1S/C14H13BrFNO2S/c1-10-2-5-12(16)8-14(10)17-20(18,19)13-6-3-11(9-15)4-7-13/h2-8,17H,9H2,1H3. The van der Waals surface area contributed by atoms with E-state index >= 15 is 0 Å². The first-order valence-corrected chi connectivity index (χ1v) is 8.47. The molecule has 0 aliphatic carbocycles. The highest BCUT2D eigenvalue weighted by Crippen LogP contribution is 2.21. The molecule has 20 heavy (non-hydrogen) atoms. The van der Waals surface area contributed by atoms with Gasteiger partial charge in [0.15, 0.2) is 0 Å². The fourth-order valence-corrected chi connectivity index (χ4v) is 3.16. The summed E-state index contributed by atoms with van der Waals surface area (Å²) >= 11 is 3.30. The van der Waals surface area contributed by atoms with Gasteiger partial charge in [-0.15, -0.1) is 0 Å². The smallest absolute Gasteiger partial charge is 0.261 e. The molecule has 1 N–H and O–H groups in total. The van der Waals surface area contributed by atoms with Gasteiger partial charge in [-0.25, -0.2) is 12.8 Å². The number of anilines is 1. The maximum atomic E-state index is 13.2. The SMILES string of the molecule is Cc1ccc(F)cc1NS(=O)(=O)c1ccc(CBr)cc1. The number of sulfonamides is 1. The maximum Gasteiger partial charge on any atom is 0.261 e. The molecule has 0 aliphatic rings. The lowest BCUT2D eigenvalue weighted by molar-refractivity contribution is 0.601. The molecule has 0 fully saturated rings. The Morgan fingerprint density at radius 2 is 1.80 bits per heavy atom. The van der Waals surface area contributed by atoms with Crippen LogP contribution in [-0.2, 0) is 15.4 Å². The van der Waals surface area contributed by atoms with E-state index in [-0.39, 0.29) is 10.6 Å². The van der Waals surface area contributed by atoms with Gasteiger partial charge in [-0.1, -0.05) is 34.1 Å². The lowest BCUT2D eigenvalue weighted by Crippen LogP contribution is -2.14. The van der Waals surface area contributed by atoms with E-state index in [9.17, 15) is 12.8 Å². The van der Waals surface area contributed by atoms with Crippen molar-refractivity contribution in [3.05, 3.63) is 59.4 Å². The summed E-state index contributed by atoms with van der Waals surface area (Å²) in [4.78, 5) is 0.144. The summed E-state index contributed by atoms with van der Waals surface area (Å²) in [6, 6.07) is 10.5. The molecule has 0 bridgehead atoms. The van der Waals surface area contributed by atoms with E-state index in [2.05, 4.69) is 20.7 Å². The second kappa shape index (κ2) is 5.93. The van der Waals surface area contributed by atoms with Crippen LogP contribution in [0.15, 0.2) is 47.4 Å². The van der Waals surface area contributed by atoms with E-state index in [0.29, 0.717) is 10.9 Å². The molecule has 0 aliphatic heterocycles. The van der Waals surface area contributed by atoms with Crippen LogP contribution in [0.2, 0.25) is 0 Å². The Balaban J connectivity index is 2.32. The number of benzene rings is 2. The Kier molecular flexibility index (Phi) is 4.45. The van der Waals surface area contributed by atoms with Crippen molar-refractivity contribution in [3.63, 3.8) is 0 Å². The second-order valence-electron chi connectivity index (χ2n) is 4.34. The summed E-state index contributed by atoms with van der Waals surface area (Å²) < 4.78 is 40.0. The molecule has 3 nitrogen and oxygen atoms in total. The molecule has 0 unspecified atom stereocenters. The van der Waals surface area contributed by atoms with Crippen molar-refractivity contribution < 1.29 is 12.8 Å². The van der Waals surface area contributed by atoms with Gasteiger partial charge in [0, 0.05) is 5.33 Å². The Morgan fingerprint density at radius 1 is 1.15 bits per heavy atom. The van der Waals surface area contributed by atoms with Gasteiger partial charge in [0.2, 0.25) is 0 Å². The van der Waals surface area contributed by atoms with Crippen LogP contribution >= 0.6 is 15.9 Å². The minimum atomic E-state index is -3.71. The number of nitrogens with one attached hydrogen (secondary N) is 1. The third kappa shape index (κ3) is 3.37. The van der Waals surface area contributed by atoms with Crippen molar-refractivity contribution in [1.82, 2.24) is 0 Å². The van der Waals surface area contributed by atoms with Crippen molar-refractivity contribution in [3.8, 4) is 0 Å². The monoisotopic (exact) mass is 357 g/mol. The molecule has 0 aromatic heterocycles. The number of alkyl halides is 1. The number of aryl methyl sites for hydroxylation is 1. The molecule has 0 atom stereocenters. The zero-order chi connectivity index (χ0) is 14.8. The van der Waals surface area contributed by atoms with Crippen molar-refractivity contribution >= 4 is 31.6 Å². The lowest BCUT2D eigenvalue weighted by atomic mass is 10.2. The molecular weight excluding hydrogens is 345 g/mol. The summed E-state index contributed by atoms with van der Waals surface area (Å²) in [5.74, 6) is -0.483. The number of hydrogen-bond acceptors (Lipinski definition) is 2. The third-order valence-corrected chi connectivity index (χ3v) is 4.86. The molecule has 2 aromatic rings. The zero-order valence-corrected chi connectivity index (χ0v) is 13.1. The highest BCUT2D eigenvalue weighted by atomic mass is 79.9. The summed E-state index contributed by atoms with van der Waals surface area (Å²) in [5, 5.41) is 0.657. The molecule has 0 amide bonds. The highest BCUT2D eigenvalue weighted by molar-refractivity contribution is 9.08. The van der Waals surface area contributed by atoms with Crippen LogP contribution in [0, 0.1) is 12.7 Å². The van der Waals surface area contributed by atoms with E-state index in [0.717, 1.165) is 5.56 Å². The van der Waals surface area contributed by atoms with Crippen molar-refractivity contribution in [2.24, 2.45) is 0 Å². The molecule has 2 aromatic carbocycles. The predicted octanol–water partition coefficient (Wildman–Crippen LogP) is 3.83. The molecular formula is C14H13BrFNO2S. The normalized spacial score (nSPS) is 11.3. The van der Waals surface area contributed by atoms with Crippen molar-refractivity contribution in [1.29, 1.82) is 0 Å². The zero-order valence-electron chi connectivity index (χ0n) is 10.7. The summed E-state index contributed by atoms with van der Waals surface area (Å²) in [7, 11) is -3.71. The fraction of sp³-hybridized carbons (Fsp3) is 0.143. The van der Waals surface area contributed by atoms with Gasteiger partial charge >= 0.3 is 0 Å². The largest absolute Gasteiger partial charge is 0.279 e.